The molecule has 0 radical (unpaired) electrons. The fraction of sp³-hybridized carbons (Fsp3) is 0.405. The minimum atomic E-state index is -0.309. The van der Waals surface area contributed by atoms with Crippen LogP contribution in [0.1, 0.15) is 62.1 Å². The van der Waals surface area contributed by atoms with Crippen LogP contribution >= 0.6 is 11.6 Å². The van der Waals surface area contributed by atoms with Gasteiger partial charge >= 0.3 is 0 Å². The van der Waals surface area contributed by atoms with Crippen LogP contribution in [-0.2, 0) is 9.59 Å². The molecule has 0 spiro atoms. The van der Waals surface area contributed by atoms with Gasteiger partial charge in [0.15, 0.2) is 0 Å². The monoisotopic (exact) mass is 612 g/mol. The standard InChI is InChI=1S/C37H45ClN4O2/c1-27-13-14-28(2)42(27)24-22-35-37(44)41(26-34(30-9-5-3-6-10-30)31-11-7-4-8-12-31)23-21-33(40-35)25-39-36(43)20-17-29-15-18-32(38)19-16-29/h3-12,15-20,27-28,33-35,40H,13-14,21-26H2,1-2H3,(H,39,43)/t27?,28?,33-,35-/m0/s1. The fourth-order valence-electron chi connectivity index (χ4n) is 6.62. The van der Waals surface area contributed by atoms with Gasteiger partial charge in [0.25, 0.3) is 0 Å². The van der Waals surface area contributed by atoms with E-state index in [2.05, 4.69) is 82.8 Å². The molecule has 0 aromatic heterocycles. The van der Waals surface area contributed by atoms with Crippen molar-refractivity contribution < 1.29 is 9.59 Å². The van der Waals surface area contributed by atoms with Gasteiger partial charge in [-0.3, -0.25) is 14.5 Å². The lowest BCUT2D eigenvalue weighted by Crippen LogP contribution is -2.50. The van der Waals surface area contributed by atoms with E-state index >= 15 is 0 Å². The number of nitrogens with one attached hydrogen (secondary N) is 2. The van der Waals surface area contributed by atoms with E-state index in [9.17, 15) is 9.59 Å². The SMILES string of the molecule is CC1CCC(C)N1CC[C@@H]1N[C@H](CNC(=O)C=Cc2ccc(Cl)cc2)CCN(CC(c2ccccc2)c2ccccc2)C1=O. The molecule has 3 aromatic rings. The smallest absolute Gasteiger partial charge is 0.244 e. The first-order valence-corrected chi connectivity index (χ1v) is 16.4. The van der Waals surface area contributed by atoms with Crippen LogP contribution in [0.15, 0.2) is 91.0 Å². The molecule has 0 saturated carbocycles. The van der Waals surface area contributed by atoms with E-state index in [-0.39, 0.29) is 29.8 Å². The van der Waals surface area contributed by atoms with Gasteiger partial charge in [-0.2, -0.15) is 0 Å². The summed E-state index contributed by atoms with van der Waals surface area (Å²) < 4.78 is 0. The number of carbonyl (C=O) groups is 2. The van der Waals surface area contributed by atoms with E-state index in [1.807, 2.05) is 24.3 Å². The number of rotatable bonds is 11. The molecule has 2 aliphatic rings. The maximum atomic E-state index is 14.2. The summed E-state index contributed by atoms with van der Waals surface area (Å²) in [5.41, 5.74) is 3.32. The Hall–Kier alpha value is -3.45. The normalized spacial score (nSPS) is 22.9. The molecule has 0 aliphatic carbocycles. The van der Waals surface area contributed by atoms with Crippen molar-refractivity contribution in [1.82, 2.24) is 20.4 Å². The summed E-state index contributed by atoms with van der Waals surface area (Å²) in [6.45, 7) is 7.17. The van der Waals surface area contributed by atoms with Gasteiger partial charge in [-0.05, 0) is 74.4 Å². The third-order valence-corrected chi connectivity index (χ3v) is 9.48. The zero-order valence-electron chi connectivity index (χ0n) is 25.9. The first-order chi connectivity index (χ1) is 21.4. The van der Waals surface area contributed by atoms with Crippen LogP contribution in [0.2, 0.25) is 5.02 Å². The van der Waals surface area contributed by atoms with Crippen molar-refractivity contribution >= 4 is 29.5 Å². The van der Waals surface area contributed by atoms with Crippen LogP contribution in [0.4, 0.5) is 0 Å². The Labute approximate surface area is 267 Å². The Balaban J connectivity index is 1.30. The second-order valence-corrected chi connectivity index (χ2v) is 12.7. The summed E-state index contributed by atoms with van der Waals surface area (Å²) in [6.07, 6.45) is 7.24. The molecule has 0 bridgehead atoms. The molecule has 2 unspecified atom stereocenters. The first-order valence-electron chi connectivity index (χ1n) is 16.0. The fourth-order valence-corrected chi connectivity index (χ4v) is 6.75. The lowest BCUT2D eigenvalue weighted by Gasteiger charge is -2.31. The highest BCUT2D eigenvalue weighted by molar-refractivity contribution is 6.30. The molecule has 2 saturated heterocycles. The molecule has 6 nitrogen and oxygen atoms in total. The highest BCUT2D eigenvalue weighted by Crippen LogP contribution is 2.28. The van der Waals surface area contributed by atoms with Gasteiger partial charge in [-0.25, -0.2) is 0 Å². The number of nitrogens with zero attached hydrogens (tertiary/aromatic N) is 2. The number of benzene rings is 3. The number of hydrogen-bond acceptors (Lipinski definition) is 4. The molecule has 3 aromatic carbocycles. The molecule has 2 N–H and O–H groups in total. The summed E-state index contributed by atoms with van der Waals surface area (Å²) in [7, 11) is 0. The predicted molar refractivity (Wildman–Crippen MR) is 180 cm³/mol. The minimum Gasteiger partial charge on any atom is -0.351 e. The van der Waals surface area contributed by atoms with E-state index in [0.717, 1.165) is 24.9 Å². The summed E-state index contributed by atoms with van der Waals surface area (Å²) >= 11 is 5.98. The second-order valence-electron chi connectivity index (χ2n) is 12.3. The molecule has 2 aliphatic heterocycles. The van der Waals surface area contributed by atoms with Gasteiger partial charge < -0.3 is 15.5 Å². The van der Waals surface area contributed by atoms with Crippen molar-refractivity contribution in [2.45, 2.75) is 69.6 Å². The summed E-state index contributed by atoms with van der Waals surface area (Å²) in [6, 6.07) is 29.1. The molecule has 7 heteroatoms. The Kier molecular flexibility index (Phi) is 11.3. The number of carbonyl (C=O) groups excluding carboxylic acids is 2. The van der Waals surface area contributed by atoms with E-state index in [1.165, 1.54) is 24.0 Å². The molecule has 2 amide bonds. The van der Waals surface area contributed by atoms with Crippen LogP contribution in [0, 0.1) is 0 Å². The molecule has 4 atom stereocenters. The first kappa shape index (κ1) is 32.0. The zero-order valence-corrected chi connectivity index (χ0v) is 26.6. The minimum absolute atomic E-state index is 0.0119. The van der Waals surface area contributed by atoms with Crippen LogP contribution in [-0.4, -0.2) is 72.0 Å². The number of amides is 2. The highest BCUT2D eigenvalue weighted by Gasteiger charge is 2.34. The molecular formula is C37H45ClN4O2. The Morgan fingerprint density at radius 3 is 2.16 bits per heavy atom. The summed E-state index contributed by atoms with van der Waals surface area (Å²) in [5.74, 6) is 0.0753. The Bertz CT molecular complexity index is 1330. The van der Waals surface area contributed by atoms with Gasteiger partial charge in [-0.1, -0.05) is 84.4 Å². The average molecular weight is 613 g/mol. The summed E-state index contributed by atoms with van der Waals surface area (Å²) in [4.78, 5) is 31.5. The van der Waals surface area contributed by atoms with Crippen LogP contribution < -0.4 is 10.6 Å². The van der Waals surface area contributed by atoms with Crippen LogP contribution in [0.25, 0.3) is 6.08 Å². The molecule has 5 rings (SSSR count). The maximum Gasteiger partial charge on any atom is 0.244 e. The van der Waals surface area contributed by atoms with Crippen LogP contribution in [0.3, 0.4) is 0 Å². The number of halogens is 1. The van der Waals surface area contributed by atoms with Gasteiger partial charge in [0.05, 0.1) is 6.04 Å². The predicted octanol–water partition coefficient (Wildman–Crippen LogP) is 6.12. The third-order valence-electron chi connectivity index (χ3n) is 9.23. The molecule has 232 valence electrons. The van der Waals surface area contributed by atoms with Crippen molar-refractivity contribution in [1.29, 1.82) is 0 Å². The van der Waals surface area contributed by atoms with Gasteiger partial charge in [0.2, 0.25) is 11.8 Å². The lowest BCUT2D eigenvalue weighted by atomic mass is 9.90. The summed E-state index contributed by atoms with van der Waals surface area (Å²) in [5, 5.41) is 7.39. The van der Waals surface area contributed by atoms with Crippen molar-refractivity contribution in [3.63, 3.8) is 0 Å². The largest absolute Gasteiger partial charge is 0.351 e. The van der Waals surface area contributed by atoms with E-state index in [1.54, 1.807) is 24.3 Å². The molecule has 2 heterocycles. The molecule has 44 heavy (non-hydrogen) atoms. The maximum absolute atomic E-state index is 14.2. The van der Waals surface area contributed by atoms with Crippen molar-refractivity contribution in [2.75, 3.05) is 26.2 Å². The van der Waals surface area contributed by atoms with Crippen molar-refractivity contribution in [2.24, 2.45) is 0 Å². The molecule has 2 fully saturated rings. The lowest BCUT2D eigenvalue weighted by molar-refractivity contribution is -0.133. The molecular weight excluding hydrogens is 568 g/mol. The van der Waals surface area contributed by atoms with Crippen LogP contribution in [0.5, 0.6) is 0 Å². The van der Waals surface area contributed by atoms with Crippen molar-refractivity contribution in [3.05, 3.63) is 113 Å². The highest BCUT2D eigenvalue weighted by atomic mass is 35.5. The third kappa shape index (κ3) is 8.59. The van der Waals surface area contributed by atoms with E-state index in [0.29, 0.717) is 36.7 Å². The number of hydrogen-bond donors (Lipinski definition) is 2. The van der Waals surface area contributed by atoms with Gasteiger partial charge in [0.1, 0.15) is 0 Å². The second kappa shape index (κ2) is 15.5. The Morgan fingerprint density at radius 2 is 1.55 bits per heavy atom. The van der Waals surface area contributed by atoms with E-state index in [4.69, 9.17) is 11.6 Å². The topological polar surface area (TPSA) is 64.7 Å². The van der Waals surface area contributed by atoms with E-state index < -0.39 is 0 Å². The quantitative estimate of drug-likeness (QED) is 0.256. The Morgan fingerprint density at radius 1 is 0.932 bits per heavy atom. The number of likely N-dealkylation sites (tertiary alicyclic amines) is 1. The average Bonchev–Trinajstić information content (AvgIpc) is 3.29. The van der Waals surface area contributed by atoms with Crippen molar-refractivity contribution in [3.8, 4) is 0 Å². The van der Waals surface area contributed by atoms with Gasteiger partial charge in [-0.15, -0.1) is 0 Å². The van der Waals surface area contributed by atoms with Gasteiger partial charge in [0, 0.05) is 61.3 Å². The zero-order chi connectivity index (χ0) is 30.9.